The molecule has 6 heteroatoms. The zero-order chi connectivity index (χ0) is 18.1. The smallest absolute Gasteiger partial charge is 0.371 e. The summed E-state index contributed by atoms with van der Waals surface area (Å²) in [7, 11) is -3.62. The Morgan fingerprint density at radius 2 is 1.68 bits per heavy atom. The molecule has 2 aromatic carbocycles. The molecule has 25 heavy (non-hydrogen) atoms. The summed E-state index contributed by atoms with van der Waals surface area (Å²) in [6.07, 6.45) is 1.50. The first-order valence-electron chi connectivity index (χ1n) is 7.95. The Morgan fingerprint density at radius 1 is 1.04 bits per heavy atom. The van der Waals surface area contributed by atoms with E-state index in [0.717, 1.165) is 0 Å². The van der Waals surface area contributed by atoms with E-state index in [2.05, 4.69) is 0 Å². The van der Waals surface area contributed by atoms with Crippen LogP contribution in [0.15, 0.2) is 59.9 Å². The third kappa shape index (κ3) is 5.30. The zero-order valence-corrected chi connectivity index (χ0v) is 15.1. The lowest BCUT2D eigenvalue weighted by atomic mass is 10.2. The molecule has 5 nitrogen and oxygen atoms in total. The van der Waals surface area contributed by atoms with Gasteiger partial charge in [0.1, 0.15) is 22.9 Å². The molecule has 0 N–H and O–H groups in total. The maximum Gasteiger partial charge on any atom is 0.371 e. The Balaban J connectivity index is 2.30. The molecule has 0 bridgehead atoms. The van der Waals surface area contributed by atoms with Crippen molar-refractivity contribution in [3.05, 3.63) is 65.5 Å². The Bertz CT molecular complexity index is 802. The molecule has 0 heterocycles. The first-order valence-corrected chi connectivity index (χ1v) is 9.50. The number of rotatable bonds is 8. The lowest BCUT2D eigenvalue weighted by Crippen LogP contribution is -1.97. The molecule has 0 saturated heterocycles. The molecule has 2 rings (SSSR count). The van der Waals surface area contributed by atoms with Gasteiger partial charge in [-0.3, -0.25) is 4.57 Å². The summed E-state index contributed by atoms with van der Waals surface area (Å²) < 4.78 is 29.0. The maximum atomic E-state index is 12.8. The molecular weight excluding hydrogens is 337 g/mol. The van der Waals surface area contributed by atoms with E-state index in [9.17, 15) is 9.83 Å². The van der Waals surface area contributed by atoms with Crippen LogP contribution in [0.2, 0.25) is 0 Å². The zero-order valence-electron chi connectivity index (χ0n) is 14.2. The van der Waals surface area contributed by atoms with Crippen molar-refractivity contribution in [1.82, 2.24) is 0 Å². The average molecular weight is 357 g/mol. The van der Waals surface area contributed by atoms with Gasteiger partial charge in [-0.05, 0) is 49.8 Å². The SMILES string of the molecule is CCOP(=O)(OCC)C(C#N)=Cc1cccc(Oc2ccccc2)c1. The molecule has 0 unspecified atom stereocenters. The first-order chi connectivity index (χ1) is 12.1. The summed E-state index contributed by atoms with van der Waals surface area (Å²) in [4.78, 5) is 0. The van der Waals surface area contributed by atoms with Crippen molar-refractivity contribution in [2.24, 2.45) is 0 Å². The number of ether oxygens (including phenoxy) is 1. The Morgan fingerprint density at radius 3 is 2.28 bits per heavy atom. The van der Waals surface area contributed by atoms with Crippen LogP contribution in [-0.4, -0.2) is 13.2 Å². The molecule has 0 fully saturated rings. The fourth-order valence-electron chi connectivity index (χ4n) is 2.14. The van der Waals surface area contributed by atoms with Crippen molar-refractivity contribution in [3.8, 4) is 17.6 Å². The molecule has 0 radical (unpaired) electrons. The van der Waals surface area contributed by atoms with E-state index in [1.165, 1.54) is 6.08 Å². The second-order valence-electron chi connectivity index (χ2n) is 4.96. The summed E-state index contributed by atoms with van der Waals surface area (Å²) >= 11 is 0. The predicted molar refractivity (Wildman–Crippen MR) is 97.4 cm³/mol. The van der Waals surface area contributed by atoms with E-state index in [1.807, 2.05) is 36.4 Å². The highest BCUT2D eigenvalue weighted by atomic mass is 31.2. The van der Waals surface area contributed by atoms with Crippen molar-refractivity contribution >= 4 is 13.7 Å². The number of para-hydroxylation sites is 1. The van der Waals surface area contributed by atoms with Gasteiger partial charge in [-0.1, -0.05) is 30.3 Å². The molecule has 0 atom stereocenters. The van der Waals surface area contributed by atoms with Gasteiger partial charge < -0.3 is 13.8 Å². The van der Waals surface area contributed by atoms with E-state index in [1.54, 1.807) is 38.1 Å². The van der Waals surface area contributed by atoms with Crippen molar-refractivity contribution in [2.45, 2.75) is 13.8 Å². The van der Waals surface area contributed by atoms with E-state index < -0.39 is 7.60 Å². The van der Waals surface area contributed by atoms with E-state index >= 15 is 0 Å². The van der Waals surface area contributed by atoms with E-state index in [4.69, 9.17) is 13.8 Å². The summed E-state index contributed by atoms with van der Waals surface area (Å²) in [6.45, 7) is 3.78. The number of nitrogens with zero attached hydrogens (tertiary/aromatic N) is 1. The van der Waals surface area contributed by atoms with Gasteiger partial charge in [0, 0.05) is 0 Å². The molecule has 0 aliphatic carbocycles. The molecule has 0 aliphatic heterocycles. The summed E-state index contributed by atoms with van der Waals surface area (Å²) in [5.74, 6) is 1.32. The monoisotopic (exact) mass is 357 g/mol. The van der Waals surface area contributed by atoms with Crippen LogP contribution in [0.1, 0.15) is 19.4 Å². The van der Waals surface area contributed by atoms with Crippen LogP contribution in [0, 0.1) is 11.3 Å². The van der Waals surface area contributed by atoms with Crippen molar-refractivity contribution in [2.75, 3.05) is 13.2 Å². The highest BCUT2D eigenvalue weighted by Crippen LogP contribution is 2.56. The van der Waals surface area contributed by atoms with Gasteiger partial charge in [0.25, 0.3) is 0 Å². The number of hydrogen-bond acceptors (Lipinski definition) is 5. The average Bonchev–Trinajstić information content (AvgIpc) is 2.61. The topological polar surface area (TPSA) is 68.5 Å². The minimum Gasteiger partial charge on any atom is -0.457 e. The third-order valence-electron chi connectivity index (χ3n) is 3.15. The molecule has 0 spiro atoms. The second kappa shape index (κ2) is 9.19. The predicted octanol–water partition coefficient (Wildman–Crippen LogP) is 5.61. The molecule has 0 aromatic heterocycles. The molecular formula is C19H20NO4P. The van der Waals surface area contributed by atoms with Crippen LogP contribution in [0.25, 0.3) is 6.08 Å². The number of hydrogen-bond donors (Lipinski definition) is 0. The normalized spacial score (nSPS) is 11.8. The van der Waals surface area contributed by atoms with Crippen LogP contribution in [0.5, 0.6) is 11.5 Å². The summed E-state index contributed by atoms with van der Waals surface area (Å²) in [5, 5.41) is 9.36. The van der Waals surface area contributed by atoms with Crippen molar-refractivity contribution in [1.29, 1.82) is 5.26 Å². The largest absolute Gasteiger partial charge is 0.457 e. The highest BCUT2D eigenvalue weighted by Gasteiger charge is 2.29. The second-order valence-corrected chi connectivity index (χ2v) is 6.96. The quantitative estimate of drug-likeness (QED) is 0.454. The summed E-state index contributed by atoms with van der Waals surface area (Å²) in [6, 6.07) is 18.5. The molecule has 130 valence electrons. The van der Waals surface area contributed by atoms with Gasteiger partial charge in [-0.2, -0.15) is 5.26 Å². The number of allylic oxidation sites excluding steroid dienone is 1. The minimum atomic E-state index is -3.62. The minimum absolute atomic E-state index is 0.0342. The van der Waals surface area contributed by atoms with Gasteiger partial charge in [-0.25, -0.2) is 0 Å². The fourth-order valence-corrected chi connectivity index (χ4v) is 3.60. The van der Waals surface area contributed by atoms with E-state index in [0.29, 0.717) is 17.1 Å². The van der Waals surface area contributed by atoms with Crippen LogP contribution in [-0.2, 0) is 13.6 Å². The Hall–Kier alpha value is -2.38. The lowest BCUT2D eigenvalue weighted by molar-refractivity contribution is 0.227. The summed E-state index contributed by atoms with van der Waals surface area (Å²) in [5.41, 5.74) is 0.671. The lowest BCUT2D eigenvalue weighted by Gasteiger charge is -2.15. The number of benzene rings is 2. The molecule has 0 amide bonds. The molecule has 0 aliphatic rings. The van der Waals surface area contributed by atoms with Gasteiger partial charge in [0.15, 0.2) is 0 Å². The van der Waals surface area contributed by atoms with Gasteiger partial charge >= 0.3 is 7.60 Å². The van der Waals surface area contributed by atoms with Crippen LogP contribution in [0.3, 0.4) is 0 Å². The van der Waals surface area contributed by atoms with Crippen LogP contribution >= 0.6 is 7.60 Å². The fraction of sp³-hybridized carbons (Fsp3) is 0.211. The van der Waals surface area contributed by atoms with E-state index in [-0.39, 0.29) is 18.5 Å². The highest BCUT2D eigenvalue weighted by molar-refractivity contribution is 7.59. The van der Waals surface area contributed by atoms with Crippen LogP contribution in [0.4, 0.5) is 0 Å². The molecule has 2 aromatic rings. The first kappa shape index (κ1) is 19.0. The van der Waals surface area contributed by atoms with Crippen molar-refractivity contribution in [3.63, 3.8) is 0 Å². The Kier molecular flexibility index (Phi) is 6.97. The molecule has 0 saturated carbocycles. The van der Waals surface area contributed by atoms with Gasteiger partial charge in [0.05, 0.1) is 13.2 Å². The van der Waals surface area contributed by atoms with Crippen molar-refractivity contribution < 1.29 is 18.3 Å². The number of nitriles is 1. The Labute approximate surface area is 148 Å². The van der Waals surface area contributed by atoms with Gasteiger partial charge in [0.2, 0.25) is 0 Å². The van der Waals surface area contributed by atoms with Crippen LogP contribution < -0.4 is 4.74 Å². The third-order valence-corrected chi connectivity index (χ3v) is 5.16. The maximum absolute atomic E-state index is 12.8. The van der Waals surface area contributed by atoms with Gasteiger partial charge in [-0.15, -0.1) is 0 Å². The standard InChI is InChI=1S/C19H20NO4P/c1-3-22-25(21,23-4-2)19(15-20)14-16-9-8-12-18(13-16)24-17-10-6-5-7-11-17/h5-14H,3-4H2,1-2H3.